The number of nitrogens with zero attached hydrogens (tertiary/aromatic N) is 1. The summed E-state index contributed by atoms with van der Waals surface area (Å²) in [6.07, 6.45) is -3.86. The minimum absolute atomic E-state index is 0.0420. The fourth-order valence-electron chi connectivity index (χ4n) is 7.22. The zero-order valence-electron chi connectivity index (χ0n) is 32.2. The number of benzene rings is 1. The average molecular weight is 764 g/mol. The Morgan fingerprint density at radius 2 is 1.45 bits per heavy atom. The highest BCUT2D eigenvalue weighted by atomic mass is 16.6. The lowest BCUT2D eigenvalue weighted by Crippen LogP contribution is -2.57. The predicted molar refractivity (Wildman–Crippen MR) is 195 cm³/mol. The van der Waals surface area contributed by atoms with Gasteiger partial charge in [-0.05, 0) is 31.2 Å². The summed E-state index contributed by atoms with van der Waals surface area (Å²) >= 11 is 0. The number of allylic oxidation sites excluding steroid dienone is 1. The lowest BCUT2D eigenvalue weighted by atomic mass is 9.72. The maximum Gasteiger partial charge on any atom is 0.340 e. The van der Waals surface area contributed by atoms with Crippen LogP contribution in [-0.4, -0.2) is 92.5 Å². The Bertz CT molecular complexity index is 1820. The van der Waals surface area contributed by atoms with E-state index < -0.39 is 107 Å². The quantitative estimate of drug-likeness (QED) is 0.221. The molecule has 2 aliphatic rings. The molecule has 0 radical (unpaired) electrons. The second-order valence-corrected chi connectivity index (χ2v) is 15.2. The standard InChI is InChI=1S/C41H49NO13/c1-22(2)36(47)52-32-24(4)31(51-25(5)43)29-34(53-37(48)27-14-11-10-12-15-27)40(9,55-26(6)44)21-41(29,50)33(46)23(3)17-18-39(7,8)35(30(32)45)54-38(49)28-16-13-19-42-20-28/h10-20,22-23,29-32,34-35,45,50H,4,21H2,1-3,5-9H3/b18-17+/t23-,29-,30-,31-,32-,34+,35+,40+,41+/m0/s1. The number of hydrogen-bond acceptors (Lipinski definition) is 14. The van der Waals surface area contributed by atoms with Crippen LogP contribution in [0.5, 0.6) is 0 Å². The molecule has 4 rings (SSSR count). The number of rotatable bonds is 8. The average Bonchev–Trinajstić information content (AvgIpc) is 3.34. The smallest absolute Gasteiger partial charge is 0.340 e. The van der Waals surface area contributed by atoms with E-state index in [0.717, 1.165) is 13.8 Å². The largest absolute Gasteiger partial charge is 0.457 e. The monoisotopic (exact) mass is 763 g/mol. The third kappa shape index (κ3) is 9.19. The van der Waals surface area contributed by atoms with E-state index in [9.17, 15) is 39.0 Å². The molecule has 1 saturated carbocycles. The Labute approximate surface area is 319 Å². The molecule has 2 aromatic rings. The molecule has 2 N–H and O–H groups in total. The van der Waals surface area contributed by atoms with Gasteiger partial charge in [0.15, 0.2) is 18.0 Å². The van der Waals surface area contributed by atoms with Crippen LogP contribution >= 0.6 is 0 Å². The number of fused-ring (bicyclic) bond motifs is 1. The van der Waals surface area contributed by atoms with Crippen molar-refractivity contribution in [2.75, 3.05) is 0 Å². The van der Waals surface area contributed by atoms with Crippen LogP contribution in [-0.2, 0) is 42.9 Å². The minimum Gasteiger partial charge on any atom is -0.457 e. The molecule has 2 aliphatic carbocycles. The molecule has 0 saturated heterocycles. The van der Waals surface area contributed by atoms with Gasteiger partial charge in [-0.25, -0.2) is 9.59 Å². The number of pyridine rings is 1. The molecule has 1 fully saturated rings. The van der Waals surface area contributed by atoms with Crippen molar-refractivity contribution in [1.82, 2.24) is 4.98 Å². The summed E-state index contributed by atoms with van der Waals surface area (Å²) in [5.74, 6) is -8.97. The van der Waals surface area contributed by atoms with E-state index in [2.05, 4.69) is 11.6 Å². The second-order valence-electron chi connectivity index (χ2n) is 15.2. The zero-order valence-corrected chi connectivity index (χ0v) is 32.2. The normalized spacial score (nSPS) is 31.1. The Morgan fingerprint density at radius 1 is 0.855 bits per heavy atom. The van der Waals surface area contributed by atoms with Crippen LogP contribution in [0.1, 0.15) is 82.5 Å². The Hall–Kier alpha value is -5.21. The number of ketones is 1. The van der Waals surface area contributed by atoms with Crippen LogP contribution in [0.3, 0.4) is 0 Å². The first-order chi connectivity index (χ1) is 25.6. The van der Waals surface area contributed by atoms with Gasteiger partial charge in [0.25, 0.3) is 0 Å². The number of carbonyl (C=O) groups is 6. The number of carbonyl (C=O) groups excluding carboxylic acids is 6. The summed E-state index contributed by atoms with van der Waals surface area (Å²) in [7, 11) is 0. The fourth-order valence-corrected chi connectivity index (χ4v) is 7.22. The molecular formula is C41H49NO13. The molecule has 1 aromatic heterocycles. The van der Waals surface area contributed by atoms with E-state index in [1.165, 1.54) is 76.5 Å². The number of Topliss-reactive ketones (excluding diaryl/α,β-unsaturated/α-hetero) is 1. The van der Waals surface area contributed by atoms with Crippen LogP contribution in [0.15, 0.2) is 79.2 Å². The zero-order chi connectivity index (χ0) is 41.0. The first-order valence-corrected chi connectivity index (χ1v) is 17.9. The summed E-state index contributed by atoms with van der Waals surface area (Å²) in [5.41, 5.74) is -6.07. The molecule has 1 heterocycles. The number of aliphatic hydroxyl groups excluding tert-OH is 1. The molecule has 296 valence electrons. The van der Waals surface area contributed by atoms with E-state index in [-0.39, 0.29) is 16.7 Å². The lowest BCUT2D eigenvalue weighted by Gasteiger charge is -2.43. The van der Waals surface area contributed by atoms with E-state index in [1.807, 2.05) is 0 Å². The number of aromatic nitrogens is 1. The predicted octanol–water partition coefficient (Wildman–Crippen LogP) is 4.12. The highest BCUT2D eigenvalue weighted by Crippen LogP contribution is 2.52. The summed E-state index contributed by atoms with van der Waals surface area (Å²) in [6.45, 7) is 15.4. The number of hydrogen-bond donors (Lipinski definition) is 2. The summed E-state index contributed by atoms with van der Waals surface area (Å²) in [4.78, 5) is 84.8. The third-order valence-corrected chi connectivity index (χ3v) is 9.92. The minimum atomic E-state index is -2.58. The van der Waals surface area contributed by atoms with Crippen molar-refractivity contribution in [3.63, 3.8) is 0 Å². The molecule has 14 heteroatoms. The second kappa shape index (κ2) is 16.7. The van der Waals surface area contributed by atoms with Crippen LogP contribution in [0.4, 0.5) is 0 Å². The molecule has 14 nitrogen and oxygen atoms in total. The van der Waals surface area contributed by atoms with Crippen LogP contribution in [0.25, 0.3) is 0 Å². The van der Waals surface area contributed by atoms with Crippen molar-refractivity contribution in [2.24, 2.45) is 23.2 Å². The molecule has 0 amide bonds. The van der Waals surface area contributed by atoms with Gasteiger partial charge >= 0.3 is 29.8 Å². The SMILES string of the molecule is C=C1[C@H](OC(=O)C(C)C)[C@H](O)[C@@H](OC(=O)c2cccnc2)C(C)(C)/C=C/[C@H](C)C(=O)[C@@]2(O)C[C@@](C)(OC(C)=O)[C@H](OC(=O)c3ccccc3)[C@@H]2[C@H]1OC(C)=O. The molecular weight excluding hydrogens is 714 g/mol. The van der Waals surface area contributed by atoms with Gasteiger partial charge in [0.2, 0.25) is 0 Å². The molecule has 0 bridgehead atoms. The van der Waals surface area contributed by atoms with Crippen molar-refractivity contribution < 1.29 is 62.7 Å². The van der Waals surface area contributed by atoms with Crippen molar-refractivity contribution in [2.45, 2.75) is 104 Å². The maximum atomic E-state index is 14.7. The van der Waals surface area contributed by atoms with Gasteiger partial charge in [0.1, 0.15) is 29.5 Å². The summed E-state index contributed by atoms with van der Waals surface area (Å²) in [6, 6.07) is 10.7. The van der Waals surface area contributed by atoms with Crippen LogP contribution in [0.2, 0.25) is 0 Å². The molecule has 0 unspecified atom stereocenters. The van der Waals surface area contributed by atoms with E-state index in [4.69, 9.17) is 23.7 Å². The van der Waals surface area contributed by atoms with Crippen molar-refractivity contribution in [3.05, 3.63) is 90.3 Å². The molecule has 1 aromatic carbocycles. The lowest BCUT2D eigenvalue weighted by molar-refractivity contribution is -0.177. The molecule has 55 heavy (non-hydrogen) atoms. The highest BCUT2D eigenvalue weighted by molar-refractivity contribution is 5.93. The molecule has 0 aliphatic heterocycles. The number of esters is 5. The first kappa shape index (κ1) is 42.5. The van der Waals surface area contributed by atoms with Crippen molar-refractivity contribution in [1.29, 1.82) is 0 Å². The molecule has 0 spiro atoms. The highest BCUT2D eigenvalue weighted by Gasteiger charge is 2.69. The Morgan fingerprint density at radius 3 is 2.02 bits per heavy atom. The van der Waals surface area contributed by atoms with Gasteiger partial charge < -0.3 is 33.9 Å². The third-order valence-electron chi connectivity index (χ3n) is 9.92. The van der Waals surface area contributed by atoms with Crippen LogP contribution in [0, 0.1) is 23.2 Å². The van der Waals surface area contributed by atoms with Gasteiger partial charge in [0.05, 0.1) is 23.0 Å². The fraction of sp³-hybridized carbons (Fsp3) is 0.488. The maximum absolute atomic E-state index is 14.7. The van der Waals surface area contributed by atoms with E-state index in [0.29, 0.717) is 0 Å². The topological polar surface area (TPSA) is 202 Å². The van der Waals surface area contributed by atoms with Gasteiger partial charge in [-0.2, -0.15) is 0 Å². The van der Waals surface area contributed by atoms with E-state index >= 15 is 0 Å². The van der Waals surface area contributed by atoms with E-state index in [1.54, 1.807) is 32.0 Å². The number of aliphatic hydroxyl groups is 2. The Balaban J connectivity index is 2.02. The van der Waals surface area contributed by atoms with Gasteiger partial charge in [0, 0.05) is 49.6 Å². The van der Waals surface area contributed by atoms with Gasteiger partial charge in [-0.3, -0.25) is 24.2 Å². The van der Waals surface area contributed by atoms with Crippen molar-refractivity contribution >= 4 is 35.6 Å². The Kier molecular flexibility index (Phi) is 12.9. The van der Waals surface area contributed by atoms with Crippen molar-refractivity contribution in [3.8, 4) is 0 Å². The molecule has 9 atom stereocenters. The first-order valence-electron chi connectivity index (χ1n) is 17.9. The van der Waals surface area contributed by atoms with Gasteiger partial charge in [-0.1, -0.05) is 71.5 Å². The summed E-state index contributed by atoms with van der Waals surface area (Å²) in [5, 5.41) is 25.1. The summed E-state index contributed by atoms with van der Waals surface area (Å²) < 4.78 is 29.4. The van der Waals surface area contributed by atoms with Gasteiger partial charge in [-0.15, -0.1) is 0 Å². The van der Waals surface area contributed by atoms with Crippen LogP contribution < -0.4 is 0 Å². The number of ether oxygens (including phenoxy) is 5.